The van der Waals surface area contributed by atoms with E-state index in [9.17, 15) is 43.2 Å². The second-order valence-corrected chi connectivity index (χ2v) is 37.3. The third-order valence-electron chi connectivity index (χ3n) is 22.0. The lowest BCUT2D eigenvalue weighted by molar-refractivity contribution is -0.161. The maximum Gasteiger partial charge on any atom is 0.472 e. The second kappa shape index (κ2) is 84.1. The molecule has 2 unspecified atom stereocenters. The Kier molecular flexibility index (Phi) is 82.6. The van der Waals surface area contributed by atoms with Crippen molar-refractivity contribution in [3.8, 4) is 0 Å². The number of esters is 4. The van der Waals surface area contributed by atoms with Gasteiger partial charge in [0.2, 0.25) is 0 Å². The molecule has 0 amide bonds. The summed E-state index contributed by atoms with van der Waals surface area (Å²) in [5.41, 5.74) is 0. The van der Waals surface area contributed by atoms with Crippen LogP contribution in [0.4, 0.5) is 0 Å². The number of aliphatic hydroxyl groups is 1. The third kappa shape index (κ3) is 85.9. The van der Waals surface area contributed by atoms with Crippen molar-refractivity contribution in [1.29, 1.82) is 0 Å². The summed E-state index contributed by atoms with van der Waals surface area (Å²) in [5.74, 6) is -0.476. The largest absolute Gasteiger partial charge is 0.472 e. The van der Waals surface area contributed by atoms with E-state index in [0.717, 1.165) is 102 Å². The van der Waals surface area contributed by atoms with Crippen molar-refractivity contribution in [2.24, 2.45) is 11.8 Å². The number of hydrogen-bond donors (Lipinski definition) is 3. The van der Waals surface area contributed by atoms with Crippen LogP contribution < -0.4 is 0 Å². The summed E-state index contributed by atoms with van der Waals surface area (Å²) in [5, 5.41) is 10.7. The quantitative estimate of drug-likeness (QED) is 0.0222. The molecule has 5 atom stereocenters. The number of phosphoric ester groups is 2. The fraction of sp³-hybridized carbons (Fsp3) is 0.957. The first-order valence-corrected chi connectivity index (χ1v) is 51.0. The summed E-state index contributed by atoms with van der Waals surface area (Å²) < 4.78 is 69.2. The molecular weight excluding hydrogens is 1450 g/mol. The lowest BCUT2D eigenvalue weighted by Gasteiger charge is -2.21. The minimum atomic E-state index is -4.97. The number of aliphatic hydroxyl groups excluding tert-OH is 1. The summed E-state index contributed by atoms with van der Waals surface area (Å²) in [4.78, 5) is 73.5. The van der Waals surface area contributed by atoms with Crippen LogP contribution in [0, 0.1) is 11.8 Å². The van der Waals surface area contributed by atoms with Crippen molar-refractivity contribution >= 4 is 39.5 Å². The van der Waals surface area contributed by atoms with Gasteiger partial charge in [-0.05, 0) is 37.5 Å². The van der Waals surface area contributed by atoms with Crippen LogP contribution in [-0.4, -0.2) is 96.7 Å². The van der Waals surface area contributed by atoms with Gasteiger partial charge in [0.1, 0.15) is 19.3 Å². The molecule has 0 fully saturated rings. The molecule has 0 aromatic heterocycles. The van der Waals surface area contributed by atoms with Gasteiger partial charge in [-0.25, -0.2) is 9.13 Å². The van der Waals surface area contributed by atoms with Crippen LogP contribution >= 0.6 is 15.6 Å². The number of carbonyl (C=O) groups excluding carboxylic acids is 4. The third-order valence-corrected chi connectivity index (χ3v) is 23.9. The molecule has 112 heavy (non-hydrogen) atoms. The van der Waals surface area contributed by atoms with Crippen molar-refractivity contribution in [3.05, 3.63) is 0 Å². The van der Waals surface area contributed by atoms with Gasteiger partial charge >= 0.3 is 39.5 Å². The van der Waals surface area contributed by atoms with Crippen molar-refractivity contribution in [1.82, 2.24) is 0 Å². The molecule has 0 radical (unpaired) electrons. The summed E-state index contributed by atoms with van der Waals surface area (Å²) >= 11 is 0. The summed E-state index contributed by atoms with van der Waals surface area (Å²) in [7, 11) is -9.94. The Labute approximate surface area is 689 Å². The van der Waals surface area contributed by atoms with E-state index in [1.807, 2.05) is 0 Å². The summed E-state index contributed by atoms with van der Waals surface area (Å²) in [6.07, 6.45) is 79.2. The molecule has 0 rings (SSSR count). The fourth-order valence-electron chi connectivity index (χ4n) is 14.7. The van der Waals surface area contributed by atoms with E-state index in [1.165, 1.54) is 321 Å². The minimum Gasteiger partial charge on any atom is -0.462 e. The minimum absolute atomic E-state index is 0.108. The van der Waals surface area contributed by atoms with E-state index in [2.05, 4.69) is 41.5 Å². The maximum absolute atomic E-state index is 13.2. The molecule has 0 aliphatic carbocycles. The maximum atomic E-state index is 13.2. The standard InChI is InChI=1S/C93H182O17P2/c1-7-9-11-13-15-17-19-21-22-23-24-25-26-30-33-40-46-52-58-64-70-76-91(96)104-82-89(109-92(97)77-71-65-59-53-47-41-34-31-28-27-29-32-38-43-49-55-61-67-73-85(3)4)84-108-112(101,102)106-80-87(94)79-105-111(99,100)107-83-88(81-103-90(95)75-69-63-57-51-45-37-20-18-16-14-12-10-8-2)110-93(98)78-72-66-60-54-48-42-36-35-39-44-50-56-62-68-74-86(5)6/h85-89,94H,7-84H2,1-6H3,(H,99,100)(H,101,102)/t87-,88+,89+/m0/s1. The number of hydrogen-bond acceptors (Lipinski definition) is 15. The van der Waals surface area contributed by atoms with Crippen molar-refractivity contribution in [3.63, 3.8) is 0 Å². The van der Waals surface area contributed by atoms with E-state index in [0.29, 0.717) is 25.7 Å². The predicted octanol–water partition coefficient (Wildman–Crippen LogP) is 29.0. The van der Waals surface area contributed by atoms with Crippen LogP contribution in [0.5, 0.6) is 0 Å². The average molecular weight is 1630 g/mol. The smallest absolute Gasteiger partial charge is 0.462 e. The molecule has 0 saturated heterocycles. The number of rotatable bonds is 92. The molecule has 0 saturated carbocycles. The number of ether oxygens (including phenoxy) is 4. The highest BCUT2D eigenvalue weighted by atomic mass is 31.2. The van der Waals surface area contributed by atoms with Gasteiger partial charge in [0, 0.05) is 25.7 Å². The van der Waals surface area contributed by atoms with Gasteiger partial charge in [0.05, 0.1) is 26.4 Å². The molecule has 0 bridgehead atoms. The van der Waals surface area contributed by atoms with Crippen LogP contribution in [0.1, 0.15) is 504 Å². The number of unbranched alkanes of at least 4 members (excludes halogenated alkanes) is 62. The molecule has 19 heteroatoms. The highest BCUT2D eigenvalue weighted by Gasteiger charge is 2.31. The van der Waals surface area contributed by atoms with Crippen LogP contribution in [0.3, 0.4) is 0 Å². The Morgan fingerprint density at radius 2 is 0.411 bits per heavy atom. The highest BCUT2D eigenvalue weighted by Crippen LogP contribution is 2.45. The Balaban J connectivity index is 5.25. The Morgan fingerprint density at radius 1 is 0.241 bits per heavy atom. The normalized spacial score (nSPS) is 13.7. The lowest BCUT2D eigenvalue weighted by Crippen LogP contribution is -2.30. The van der Waals surface area contributed by atoms with Crippen LogP contribution in [0.25, 0.3) is 0 Å². The Bertz CT molecular complexity index is 2130. The first kappa shape index (κ1) is 110. The van der Waals surface area contributed by atoms with E-state index in [-0.39, 0.29) is 25.7 Å². The van der Waals surface area contributed by atoms with Crippen LogP contribution in [0.15, 0.2) is 0 Å². The van der Waals surface area contributed by atoms with E-state index in [1.54, 1.807) is 0 Å². The van der Waals surface area contributed by atoms with Crippen molar-refractivity contribution in [2.75, 3.05) is 39.6 Å². The zero-order chi connectivity index (χ0) is 82.0. The molecule has 0 spiro atoms. The topological polar surface area (TPSA) is 237 Å². The van der Waals surface area contributed by atoms with Gasteiger partial charge in [-0.3, -0.25) is 37.3 Å². The molecule has 3 N–H and O–H groups in total. The van der Waals surface area contributed by atoms with Gasteiger partial charge in [0.15, 0.2) is 12.2 Å². The number of phosphoric acid groups is 2. The van der Waals surface area contributed by atoms with Crippen molar-refractivity contribution < 1.29 is 80.2 Å². The Morgan fingerprint density at radius 3 is 0.607 bits per heavy atom. The SMILES string of the molecule is CCCCCCCCCCCCCCCCCCCCCCCC(=O)OC[C@H](COP(=O)(O)OC[C@@H](O)COP(=O)(O)OC[C@@H](COC(=O)CCCCCCCCCCCCCCC)OC(=O)CCCCCCCCCCCCCCCCC(C)C)OC(=O)CCCCCCCCCCCCCCCCCCCCC(C)C. The zero-order valence-corrected chi connectivity index (χ0v) is 75.8. The first-order chi connectivity index (χ1) is 54.4. The molecule has 0 aromatic rings. The fourth-order valence-corrected chi connectivity index (χ4v) is 16.2. The van der Waals surface area contributed by atoms with E-state index in [4.69, 9.17) is 37.0 Å². The van der Waals surface area contributed by atoms with Crippen LogP contribution in [-0.2, 0) is 65.4 Å². The van der Waals surface area contributed by atoms with E-state index >= 15 is 0 Å². The zero-order valence-electron chi connectivity index (χ0n) is 74.0. The summed E-state index contributed by atoms with van der Waals surface area (Å²) in [6.45, 7) is 9.78. The average Bonchev–Trinajstić information content (AvgIpc) is 0.898. The van der Waals surface area contributed by atoms with Gasteiger partial charge in [-0.15, -0.1) is 0 Å². The first-order valence-electron chi connectivity index (χ1n) is 48.0. The molecule has 0 heterocycles. The molecule has 0 aliphatic rings. The van der Waals surface area contributed by atoms with Gasteiger partial charge in [0.25, 0.3) is 0 Å². The summed E-state index contributed by atoms with van der Waals surface area (Å²) in [6, 6.07) is 0. The monoisotopic (exact) mass is 1630 g/mol. The molecule has 0 aromatic carbocycles. The van der Waals surface area contributed by atoms with Crippen molar-refractivity contribution in [2.45, 2.75) is 522 Å². The molecule has 17 nitrogen and oxygen atoms in total. The van der Waals surface area contributed by atoms with Gasteiger partial charge in [-0.2, -0.15) is 0 Å². The van der Waals surface area contributed by atoms with E-state index < -0.39 is 97.5 Å². The lowest BCUT2D eigenvalue weighted by atomic mass is 10.0. The van der Waals surface area contributed by atoms with Gasteiger partial charge in [-0.1, -0.05) is 452 Å². The predicted molar refractivity (Wildman–Crippen MR) is 465 cm³/mol. The molecule has 0 aliphatic heterocycles. The highest BCUT2D eigenvalue weighted by molar-refractivity contribution is 7.47. The van der Waals surface area contributed by atoms with Gasteiger partial charge < -0.3 is 33.8 Å². The number of carbonyl (C=O) groups is 4. The second-order valence-electron chi connectivity index (χ2n) is 34.4. The molecule has 666 valence electrons. The Hall–Kier alpha value is -1.94. The van der Waals surface area contributed by atoms with Crippen LogP contribution in [0.2, 0.25) is 0 Å². The molecular formula is C93H182O17P2.